The van der Waals surface area contributed by atoms with E-state index in [1.54, 1.807) is 23.7 Å². The standard InChI is InChI=1S/C12H15N3OS/c1-8-10(4-6-16)17-12(15-8)11(13)9-3-2-5-14-7-9/h2-3,5,7,11,16H,4,6,13H2,1H3. The summed E-state index contributed by atoms with van der Waals surface area (Å²) in [5, 5.41) is 9.82. The Morgan fingerprint density at radius 1 is 1.53 bits per heavy atom. The molecule has 0 amide bonds. The highest BCUT2D eigenvalue weighted by atomic mass is 32.1. The molecule has 1 unspecified atom stereocenters. The zero-order valence-corrected chi connectivity index (χ0v) is 10.4. The van der Waals surface area contributed by atoms with Gasteiger partial charge in [-0.15, -0.1) is 11.3 Å². The molecular formula is C12H15N3OS. The van der Waals surface area contributed by atoms with Gasteiger partial charge in [0.15, 0.2) is 0 Å². The quantitative estimate of drug-likeness (QED) is 0.859. The number of aryl methyl sites for hydroxylation is 1. The van der Waals surface area contributed by atoms with Crippen LogP contribution < -0.4 is 5.73 Å². The van der Waals surface area contributed by atoms with Crippen LogP contribution in [-0.4, -0.2) is 21.7 Å². The topological polar surface area (TPSA) is 72.0 Å². The highest BCUT2D eigenvalue weighted by Crippen LogP contribution is 2.26. The largest absolute Gasteiger partial charge is 0.396 e. The Morgan fingerprint density at radius 3 is 3.00 bits per heavy atom. The van der Waals surface area contributed by atoms with Crippen molar-refractivity contribution >= 4 is 11.3 Å². The lowest BCUT2D eigenvalue weighted by Gasteiger charge is -2.07. The van der Waals surface area contributed by atoms with Gasteiger partial charge in [0.1, 0.15) is 5.01 Å². The van der Waals surface area contributed by atoms with E-state index in [9.17, 15) is 0 Å². The second-order valence-corrected chi connectivity index (χ2v) is 4.91. The first-order valence-electron chi connectivity index (χ1n) is 5.45. The third-order valence-electron chi connectivity index (χ3n) is 2.56. The molecule has 0 radical (unpaired) electrons. The summed E-state index contributed by atoms with van der Waals surface area (Å²) in [5.74, 6) is 0. The van der Waals surface area contributed by atoms with E-state index >= 15 is 0 Å². The summed E-state index contributed by atoms with van der Waals surface area (Å²) in [6, 6.07) is 3.57. The van der Waals surface area contributed by atoms with E-state index in [-0.39, 0.29) is 12.6 Å². The monoisotopic (exact) mass is 249 g/mol. The second kappa shape index (κ2) is 5.35. The van der Waals surface area contributed by atoms with E-state index in [0.29, 0.717) is 6.42 Å². The van der Waals surface area contributed by atoms with Gasteiger partial charge in [-0.1, -0.05) is 6.07 Å². The third kappa shape index (κ3) is 2.69. The summed E-state index contributed by atoms with van der Waals surface area (Å²) >= 11 is 1.56. The summed E-state index contributed by atoms with van der Waals surface area (Å²) in [4.78, 5) is 9.61. The van der Waals surface area contributed by atoms with Crippen molar-refractivity contribution in [3.63, 3.8) is 0 Å². The molecule has 0 fully saturated rings. The molecule has 0 saturated heterocycles. The minimum Gasteiger partial charge on any atom is -0.396 e. The van der Waals surface area contributed by atoms with Crippen molar-refractivity contribution in [3.05, 3.63) is 45.7 Å². The lowest BCUT2D eigenvalue weighted by molar-refractivity contribution is 0.300. The van der Waals surface area contributed by atoms with Gasteiger partial charge in [0.25, 0.3) is 0 Å². The fourth-order valence-electron chi connectivity index (χ4n) is 1.62. The summed E-state index contributed by atoms with van der Waals surface area (Å²) < 4.78 is 0. The molecule has 0 aromatic carbocycles. The van der Waals surface area contributed by atoms with Crippen LogP contribution in [0.4, 0.5) is 0 Å². The van der Waals surface area contributed by atoms with Crippen molar-refractivity contribution in [2.24, 2.45) is 5.73 Å². The molecule has 0 bridgehead atoms. The maximum atomic E-state index is 8.95. The Balaban J connectivity index is 2.25. The first-order chi connectivity index (χ1) is 8.22. The molecule has 90 valence electrons. The molecule has 5 heteroatoms. The molecule has 1 atom stereocenters. The number of aliphatic hydroxyl groups is 1. The number of aromatic nitrogens is 2. The van der Waals surface area contributed by atoms with Crippen LogP contribution in [0.1, 0.15) is 27.2 Å². The zero-order chi connectivity index (χ0) is 12.3. The van der Waals surface area contributed by atoms with Crippen LogP contribution in [0.3, 0.4) is 0 Å². The predicted octanol–water partition coefficient (Wildman–Crippen LogP) is 1.43. The molecule has 2 heterocycles. The van der Waals surface area contributed by atoms with Crippen LogP contribution >= 0.6 is 11.3 Å². The molecule has 0 aliphatic rings. The number of hydrogen-bond acceptors (Lipinski definition) is 5. The van der Waals surface area contributed by atoms with Gasteiger partial charge >= 0.3 is 0 Å². The fraction of sp³-hybridized carbons (Fsp3) is 0.333. The van der Waals surface area contributed by atoms with Gasteiger partial charge in [-0.25, -0.2) is 4.98 Å². The lowest BCUT2D eigenvalue weighted by atomic mass is 10.1. The van der Waals surface area contributed by atoms with Crippen LogP contribution in [0, 0.1) is 6.92 Å². The van der Waals surface area contributed by atoms with E-state index in [4.69, 9.17) is 10.8 Å². The van der Waals surface area contributed by atoms with Crippen molar-refractivity contribution < 1.29 is 5.11 Å². The van der Waals surface area contributed by atoms with Crippen LogP contribution in [0.25, 0.3) is 0 Å². The number of hydrogen-bond donors (Lipinski definition) is 2. The molecule has 0 saturated carbocycles. The van der Waals surface area contributed by atoms with Crippen LogP contribution in [0.15, 0.2) is 24.5 Å². The highest BCUT2D eigenvalue weighted by molar-refractivity contribution is 7.11. The van der Waals surface area contributed by atoms with Crippen LogP contribution in [-0.2, 0) is 6.42 Å². The molecule has 0 aliphatic carbocycles. The molecular weight excluding hydrogens is 234 g/mol. The van der Waals surface area contributed by atoms with Gasteiger partial charge in [-0.2, -0.15) is 0 Å². The maximum absolute atomic E-state index is 8.95. The van der Waals surface area contributed by atoms with E-state index < -0.39 is 0 Å². The Hall–Kier alpha value is -1.30. The number of rotatable bonds is 4. The van der Waals surface area contributed by atoms with Crippen molar-refractivity contribution in [2.75, 3.05) is 6.61 Å². The van der Waals surface area contributed by atoms with Gasteiger partial charge in [-0.05, 0) is 18.6 Å². The summed E-state index contributed by atoms with van der Waals surface area (Å²) in [5.41, 5.74) is 8.05. The van der Waals surface area contributed by atoms with Crippen molar-refractivity contribution in [2.45, 2.75) is 19.4 Å². The number of nitrogens with two attached hydrogens (primary N) is 1. The average Bonchev–Trinajstić information content (AvgIpc) is 2.72. The van der Waals surface area contributed by atoms with Gasteiger partial charge < -0.3 is 10.8 Å². The minimum absolute atomic E-state index is 0.143. The number of thiazole rings is 1. The number of nitrogens with zero attached hydrogens (tertiary/aromatic N) is 2. The number of aliphatic hydroxyl groups excluding tert-OH is 1. The fourth-order valence-corrected chi connectivity index (χ4v) is 2.70. The molecule has 2 aromatic rings. The Kier molecular flexibility index (Phi) is 3.83. The van der Waals surface area contributed by atoms with E-state index in [2.05, 4.69) is 9.97 Å². The molecule has 2 aromatic heterocycles. The van der Waals surface area contributed by atoms with Gasteiger partial charge in [0.2, 0.25) is 0 Å². The Morgan fingerprint density at radius 2 is 2.35 bits per heavy atom. The molecule has 17 heavy (non-hydrogen) atoms. The van der Waals surface area contributed by atoms with Crippen LogP contribution in [0.2, 0.25) is 0 Å². The van der Waals surface area contributed by atoms with E-state index in [1.807, 2.05) is 19.1 Å². The molecule has 2 rings (SSSR count). The van der Waals surface area contributed by atoms with Gasteiger partial charge in [-0.3, -0.25) is 4.98 Å². The van der Waals surface area contributed by atoms with E-state index in [1.165, 1.54) is 0 Å². The van der Waals surface area contributed by atoms with Gasteiger partial charge in [0.05, 0.1) is 11.7 Å². The van der Waals surface area contributed by atoms with Gasteiger partial charge in [0, 0.05) is 30.3 Å². The maximum Gasteiger partial charge on any atom is 0.114 e. The van der Waals surface area contributed by atoms with Crippen LogP contribution in [0.5, 0.6) is 0 Å². The summed E-state index contributed by atoms with van der Waals surface area (Å²) in [6.07, 6.45) is 4.12. The zero-order valence-electron chi connectivity index (χ0n) is 9.63. The molecule has 0 aliphatic heterocycles. The minimum atomic E-state index is -0.236. The van der Waals surface area contributed by atoms with Crippen molar-refractivity contribution in [1.29, 1.82) is 0 Å². The molecule has 4 nitrogen and oxygen atoms in total. The summed E-state index contributed by atoms with van der Waals surface area (Å²) in [7, 11) is 0. The second-order valence-electron chi connectivity index (χ2n) is 3.80. The molecule has 3 N–H and O–H groups in total. The lowest BCUT2D eigenvalue weighted by Crippen LogP contribution is -2.11. The first kappa shape index (κ1) is 12.2. The Labute approximate surface area is 104 Å². The average molecular weight is 249 g/mol. The Bertz CT molecular complexity index is 484. The predicted molar refractivity (Wildman–Crippen MR) is 67.9 cm³/mol. The van der Waals surface area contributed by atoms with Crippen molar-refractivity contribution in [1.82, 2.24) is 9.97 Å². The summed E-state index contributed by atoms with van der Waals surface area (Å²) in [6.45, 7) is 2.09. The smallest absolute Gasteiger partial charge is 0.114 e. The number of pyridine rings is 1. The highest BCUT2D eigenvalue weighted by Gasteiger charge is 2.15. The normalized spacial score (nSPS) is 12.6. The van der Waals surface area contributed by atoms with E-state index in [0.717, 1.165) is 21.1 Å². The van der Waals surface area contributed by atoms with Crippen molar-refractivity contribution in [3.8, 4) is 0 Å². The molecule has 0 spiro atoms. The SMILES string of the molecule is Cc1nc(C(N)c2cccnc2)sc1CCO. The third-order valence-corrected chi connectivity index (χ3v) is 3.86. The first-order valence-corrected chi connectivity index (χ1v) is 6.26.